The molecule has 3 heterocycles. The van der Waals surface area contributed by atoms with E-state index in [1.807, 2.05) is 42.5 Å². The number of hydrogen-bond acceptors (Lipinski definition) is 4. The molecule has 3 aromatic heterocycles. The molecule has 0 aliphatic heterocycles. The molecule has 0 fully saturated rings. The number of fused-ring (bicyclic) bond motifs is 5. The molecule has 25 heavy (non-hydrogen) atoms. The van der Waals surface area contributed by atoms with E-state index in [1.54, 1.807) is 24.8 Å². The largest absolute Gasteiger partial charge is 0.493 e. The Bertz CT molecular complexity index is 1340. The van der Waals surface area contributed by atoms with E-state index in [0.29, 0.717) is 16.9 Å². The number of benzene rings is 2. The lowest BCUT2D eigenvalue weighted by molar-refractivity contribution is 0.356. The zero-order valence-corrected chi connectivity index (χ0v) is 13.7. The van der Waals surface area contributed by atoms with Gasteiger partial charge in [0.1, 0.15) is 0 Å². The van der Waals surface area contributed by atoms with E-state index in [9.17, 15) is 4.79 Å². The van der Waals surface area contributed by atoms with Crippen LogP contribution in [-0.2, 0) is 0 Å². The van der Waals surface area contributed by atoms with Crippen LogP contribution >= 0.6 is 0 Å². The number of aromatic nitrogens is 2. The second-order valence-corrected chi connectivity index (χ2v) is 5.97. The Morgan fingerprint density at radius 3 is 2.36 bits per heavy atom. The molecule has 0 saturated heterocycles. The highest BCUT2D eigenvalue weighted by Crippen LogP contribution is 2.38. The van der Waals surface area contributed by atoms with E-state index < -0.39 is 0 Å². The number of ether oxygens (including phenoxy) is 2. The van der Waals surface area contributed by atoms with Crippen molar-refractivity contribution in [2.75, 3.05) is 14.2 Å². The zero-order valence-electron chi connectivity index (χ0n) is 13.7. The van der Waals surface area contributed by atoms with E-state index in [-0.39, 0.29) is 5.56 Å². The molecule has 0 N–H and O–H groups in total. The van der Waals surface area contributed by atoms with Gasteiger partial charge in [0.05, 0.1) is 30.8 Å². The molecule has 122 valence electrons. The van der Waals surface area contributed by atoms with Crippen molar-refractivity contribution >= 4 is 38.1 Å². The molecule has 0 saturated carbocycles. The molecule has 0 spiro atoms. The fourth-order valence-electron chi connectivity index (χ4n) is 3.69. The quantitative estimate of drug-likeness (QED) is 0.464. The summed E-state index contributed by atoms with van der Waals surface area (Å²) in [6.07, 6.45) is 1.78. The molecule has 0 radical (unpaired) electrons. The Hall–Kier alpha value is -3.34. The number of rotatable bonds is 2. The molecule has 5 nitrogen and oxygen atoms in total. The van der Waals surface area contributed by atoms with E-state index >= 15 is 0 Å². The highest BCUT2D eigenvalue weighted by Gasteiger charge is 2.19. The normalized spacial score (nSPS) is 11.8. The lowest BCUT2D eigenvalue weighted by Gasteiger charge is -2.08. The molecule has 0 atom stereocenters. The predicted molar refractivity (Wildman–Crippen MR) is 98.3 cm³/mol. The third-order valence-electron chi connectivity index (χ3n) is 4.80. The van der Waals surface area contributed by atoms with E-state index in [4.69, 9.17) is 9.47 Å². The van der Waals surface area contributed by atoms with Gasteiger partial charge in [-0.15, -0.1) is 0 Å². The third kappa shape index (κ3) is 1.67. The maximum Gasteiger partial charge on any atom is 0.263 e. The van der Waals surface area contributed by atoms with Crippen LogP contribution in [0.3, 0.4) is 0 Å². The van der Waals surface area contributed by atoms with Gasteiger partial charge in [0.25, 0.3) is 5.56 Å². The highest BCUT2D eigenvalue weighted by atomic mass is 16.5. The first-order valence-electron chi connectivity index (χ1n) is 7.94. The van der Waals surface area contributed by atoms with Gasteiger partial charge in [-0.3, -0.25) is 14.2 Å². The van der Waals surface area contributed by atoms with Crippen molar-refractivity contribution in [2.45, 2.75) is 0 Å². The standard InChI is InChI=1S/C20H14N2O3/c1-24-16-9-14-12-7-8-21-18-11-5-3-4-6-13(11)20(23)22(19(12)18)15(14)10-17(16)25-2/h3-10H,1-2H3. The summed E-state index contributed by atoms with van der Waals surface area (Å²) < 4.78 is 12.6. The van der Waals surface area contributed by atoms with Crippen LogP contribution in [0.15, 0.2) is 53.5 Å². The van der Waals surface area contributed by atoms with Gasteiger partial charge in [0.2, 0.25) is 0 Å². The van der Waals surface area contributed by atoms with Crippen molar-refractivity contribution in [3.63, 3.8) is 0 Å². The van der Waals surface area contributed by atoms with Crippen LogP contribution in [0.5, 0.6) is 11.5 Å². The fraction of sp³-hybridized carbons (Fsp3) is 0.100. The average Bonchev–Trinajstić information content (AvgIpc) is 2.99. The van der Waals surface area contributed by atoms with Crippen LogP contribution in [0.25, 0.3) is 38.1 Å². The second kappa shape index (κ2) is 4.83. The van der Waals surface area contributed by atoms with Crippen LogP contribution in [-0.4, -0.2) is 23.6 Å². The first-order chi connectivity index (χ1) is 12.2. The highest BCUT2D eigenvalue weighted by molar-refractivity contribution is 6.19. The van der Waals surface area contributed by atoms with Crippen molar-refractivity contribution in [1.29, 1.82) is 0 Å². The third-order valence-corrected chi connectivity index (χ3v) is 4.80. The summed E-state index contributed by atoms with van der Waals surface area (Å²) in [5.41, 5.74) is 2.39. The van der Waals surface area contributed by atoms with Gasteiger partial charge in [-0.1, -0.05) is 18.2 Å². The summed E-state index contributed by atoms with van der Waals surface area (Å²) in [5.74, 6) is 1.23. The molecular weight excluding hydrogens is 316 g/mol. The average molecular weight is 330 g/mol. The van der Waals surface area contributed by atoms with E-state index in [1.165, 1.54) is 0 Å². The van der Waals surface area contributed by atoms with E-state index in [2.05, 4.69) is 4.98 Å². The Balaban J connectivity index is 2.17. The summed E-state index contributed by atoms with van der Waals surface area (Å²) in [6, 6.07) is 13.3. The first kappa shape index (κ1) is 14.0. The van der Waals surface area contributed by atoms with Gasteiger partial charge < -0.3 is 9.47 Å². The molecule has 0 aliphatic rings. The van der Waals surface area contributed by atoms with Crippen molar-refractivity contribution in [3.8, 4) is 11.5 Å². The lowest BCUT2D eigenvalue weighted by Crippen LogP contribution is -2.13. The van der Waals surface area contributed by atoms with Crippen LogP contribution in [0.4, 0.5) is 0 Å². The minimum Gasteiger partial charge on any atom is -0.493 e. The predicted octanol–water partition coefficient (Wildman–Crippen LogP) is 3.61. The van der Waals surface area contributed by atoms with Gasteiger partial charge in [0.15, 0.2) is 11.5 Å². The molecule has 5 aromatic rings. The summed E-state index contributed by atoms with van der Waals surface area (Å²) in [4.78, 5) is 17.7. The Labute approximate surface area is 142 Å². The molecule has 5 rings (SSSR count). The van der Waals surface area contributed by atoms with Crippen molar-refractivity contribution in [1.82, 2.24) is 9.38 Å². The molecule has 0 amide bonds. The Morgan fingerprint density at radius 1 is 0.880 bits per heavy atom. The molecule has 0 bridgehead atoms. The summed E-state index contributed by atoms with van der Waals surface area (Å²) in [6.45, 7) is 0. The Morgan fingerprint density at radius 2 is 1.60 bits per heavy atom. The minimum atomic E-state index is -0.0525. The molecule has 2 aromatic carbocycles. The summed E-state index contributed by atoms with van der Waals surface area (Å²) in [7, 11) is 3.20. The van der Waals surface area contributed by atoms with Crippen molar-refractivity contribution in [3.05, 3.63) is 59.0 Å². The van der Waals surface area contributed by atoms with Gasteiger partial charge in [-0.2, -0.15) is 0 Å². The smallest absolute Gasteiger partial charge is 0.263 e. The maximum absolute atomic E-state index is 13.2. The van der Waals surface area contributed by atoms with Crippen molar-refractivity contribution in [2.24, 2.45) is 0 Å². The monoisotopic (exact) mass is 330 g/mol. The molecular formula is C20H14N2O3. The van der Waals surface area contributed by atoms with Gasteiger partial charge in [-0.25, -0.2) is 0 Å². The minimum absolute atomic E-state index is 0.0525. The van der Waals surface area contributed by atoms with Crippen LogP contribution in [0, 0.1) is 0 Å². The van der Waals surface area contributed by atoms with Crippen LogP contribution < -0.4 is 15.0 Å². The zero-order chi connectivity index (χ0) is 17.1. The SMILES string of the molecule is COc1cc2c3ccnc4c5ccccc5c(=O)n(c2cc1OC)c34. The number of methoxy groups -OCH3 is 2. The Kier molecular flexibility index (Phi) is 2.71. The van der Waals surface area contributed by atoms with Crippen LogP contribution in [0.1, 0.15) is 0 Å². The maximum atomic E-state index is 13.2. The first-order valence-corrected chi connectivity index (χ1v) is 7.94. The number of nitrogens with zero attached hydrogens (tertiary/aromatic N) is 2. The number of pyridine rings is 2. The molecule has 0 aliphatic carbocycles. The summed E-state index contributed by atoms with van der Waals surface area (Å²) >= 11 is 0. The molecule has 0 unspecified atom stereocenters. The van der Waals surface area contributed by atoms with Crippen LogP contribution in [0.2, 0.25) is 0 Å². The summed E-state index contributed by atoms with van der Waals surface area (Å²) in [5, 5.41) is 3.44. The second-order valence-electron chi connectivity index (χ2n) is 5.97. The molecule has 5 heteroatoms. The van der Waals surface area contributed by atoms with E-state index in [0.717, 1.165) is 32.7 Å². The lowest BCUT2D eigenvalue weighted by atomic mass is 10.1. The van der Waals surface area contributed by atoms with Crippen molar-refractivity contribution < 1.29 is 9.47 Å². The van der Waals surface area contributed by atoms with Gasteiger partial charge >= 0.3 is 0 Å². The van der Waals surface area contributed by atoms with Gasteiger partial charge in [-0.05, 0) is 18.2 Å². The topological polar surface area (TPSA) is 52.8 Å². The number of hydrogen-bond donors (Lipinski definition) is 0. The fourth-order valence-corrected chi connectivity index (χ4v) is 3.69. The van der Waals surface area contributed by atoms with Gasteiger partial charge in [0, 0.05) is 33.8 Å².